The highest BCUT2D eigenvalue weighted by molar-refractivity contribution is 6.31. The van der Waals surface area contributed by atoms with E-state index < -0.39 is 17.3 Å². The van der Waals surface area contributed by atoms with Crippen molar-refractivity contribution >= 4 is 22.5 Å². The lowest BCUT2D eigenvalue weighted by Crippen LogP contribution is -2.28. The molecule has 4 aromatic heterocycles. The number of fused-ring (bicyclic) bond motifs is 1. The highest BCUT2D eigenvalue weighted by Gasteiger charge is 2.34. The first-order chi connectivity index (χ1) is 18.1. The second-order valence-corrected chi connectivity index (χ2v) is 9.23. The lowest BCUT2D eigenvalue weighted by molar-refractivity contribution is -0.138. The Morgan fingerprint density at radius 3 is 2.58 bits per heavy atom. The molecule has 0 aliphatic heterocycles. The van der Waals surface area contributed by atoms with E-state index in [-0.39, 0.29) is 13.2 Å². The monoisotopic (exact) mass is 538 g/mol. The van der Waals surface area contributed by atoms with Crippen LogP contribution in [-0.4, -0.2) is 19.1 Å². The average Bonchev–Trinajstić information content (AvgIpc) is 3.29. The Balaban J connectivity index is 1.50. The van der Waals surface area contributed by atoms with E-state index in [2.05, 4.69) is 4.98 Å². The minimum atomic E-state index is -4.76. The van der Waals surface area contributed by atoms with Gasteiger partial charge < -0.3 is 13.9 Å². The second-order valence-electron chi connectivity index (χ2n) is 8.83. The van der Waals surface area contributed by atoms with Crippen LogP contribution in [0, 0.1) is 6.92 Å². The fourth-order valence-corrected chi connectivity index (χ4v) is 4.63. The van der Waals surface area contributed by atoms with Gasteiger partial charge in [0.25, 0.3) is 5.56 Å². The molecule has 1 aromatic carbocycles. The molecule has 0 saturated carbocycles. The molecule has 0 atom stereocenters. The number of para-hydroxylation sites is 1. The first-order valence-electron chi connectivity index (χ1n) is 11.7. The summed E-state index contributed by atoms with van der Waals surface area (Å²) in [6.07, 6.45) is -0.0629. The third-order valence-electron chi connectivity index (χ3n) is 6.26. The summed E-state index contributed by atoms with van der Waals surface area (Å²) < 4.78 is 48.9. The number of alkyl halides is 3. The van der Waals surface area contributed by atoms with Gasteiger partial charge in [-0.15, -0.1) is 0 Å². The fraction of sp³-hybridized carbons (Fsp3) is 0.179. The van der Waals surface area contributed by atoms with Crippen molar-refractivity contribution in [2.24, 2.45) is 7.05 Å². The summed E-state index contributed by atoms with van der Waals surface area (Å²) in [4.78, 5) is 21.5. The summed E-state index contributed by atoms with van der Waals surface area (Å²) in [6.45, 7) is 1.68. The van der Waals surface area contributed by atoms with Crippen LogP contribution in [0.25, 0.3) is 22.2 Å². The number of aromatic nitrogens is 4. The number of halogens is 4. The Hall–Kier alpha value is -4.11. The molecule has 4 heterocycles. The van der Waals surface area contributed by atoms with Gasteiger partial charge in [0.05, 0.1) is 17.3 Å². The van der Waals surface area contributed by atoms with Gasteiger partial charge in [0.15, 0.2) is 0 Å². The normalized spacial score (nSPS) is 11.7. The number of pyridine rings is 3. The van der Waals surface area contributed by atoms with E-state index in [0.29, 0.717) is 27.5 Å². The summed E-state index contributed by atoms with van der Waals surface area (Å²) in [5, 5.41) is 1.23. The first-order valence-corrected chi connectivity index (χ1v) is 12.0. The van der Waals surface area contributed by atoms with Crippen molar-refractivity contribution in [1.29, 1.82) is 0 Å². The highest BCUT2D eigenvalue weighted by Crippen LogP contribution is 2.34. The minimum Gasteiger partial charge on any atom is -0.486 e. The summed E-state index contributed by atoms with van der Waals surface area (Å²) in [5.41, 5.74) is 1.91. The number of benzene rings is 1. The zero-order valence-corrected chi connectivity index (χ0v) is 21.2. The molecule has 0 amide bonds. The number of hydrogen-bond donors (Lipinski definition) is 0. The van der Waals surface area contributed by atoms with Crippen molar-refractivity contribution in [3.63, 3.8) is 0 Å². The second kappa shape index (κ2) is 9.98. The average molecular weight is 539 g/mol. The van der Waals surface area contributed by atoms with E-state index in [4.69, 9.17) is 21.3 Å². The molecular weight excluding hydrogens is 517 g/mol. The molecule has 0 radical (unpaired) electrons. The first kappa shape index (κ1) is 25.5. The predicted octanol–water partition coefficient (Wildman–Crippen LogP) is 6.40. The number of hydrogen-bond acceptors (Lipinski definition) is 4. The summed E-state index contributed by atoms with van der Waals surface area (Å²) >= 11 is 6.45. The molecule has 0 aliphatic rings. The molecule has 5 aromatic rings. The Morgan fingerprint density at radius 2 is 1.84 bits per heavy atom. The number of ether oxygens (including phenoxy) is 1. The van der Waals surface area contributed by atoms with Gasteiger partial charge in [-0.25, -0.2) is 4.98 Å². The number of nitrogens with zero attached hydrogens (tertiary/aromatic N) is 4. The van der Waals surface area contributed by atoms with Crippen LogP contribution in [0.3, 0.4) is 0 Å². The molecule has 0 saturated heterocycles. The van der Waals surface area contributed by atoms with Crippen LogP contribution in [0.2, 0.25) is 5.02 Å². The minimum absolute atomic E-state index is 0.0239. The van der Waals surface area contributed by atoms with Crippen LogP contribution in [-0.2, 0) is 26.4 Å². The Kier molecular flexibility index (Phi) is 6.71. The van der Waals surface area contributed by atoms with E-state index in [1.54, 1.807) is 12.1 Å². The quantitative estimate of drug-likeness (QED) is 0.251. The molecule has 38 heavy (non-hydrogen) atoms. The van der Waals surface area contributed by atoms with Crippen molar-refractivity contribution < 1.29 is 17.9 Å². The molecule has 0 bridgehead atoms. The third kappa shape index (κ3) is 4.89. The van der Waals surface area contributed by atoms with Crippen LogP contribution >= 0.6 is 11.6 Å². The largest absolute Gasteiger partial charge is 0.486 e. The molecule has 0 aliphatic carbocycles. The van der Waals surface area contributed by atoms with Crippen LogP contribution in [0.4, 0.5) is 13.2 Å². The van der Waals surface area contributed by atoms with Gasteiger partial charge in [-0.1, -0.05) is 23.7 Å². The molecule has 0 unspecified atom stereocenters. The van der Waals surface area contributed by atoms with Crippen molar-refractivity contribution in [2.75, 3.05) is 0 Å². The van der Waals surface area contributed by atoms with Gasteiger partial charge in [-0.2, -0.15) is 13.2 Å². The summed E-state index contributed by atoms with van der Waals surface area (Å²) in [5.74, 6) is 0.517. The van der Waals surface area contributed by atoms with Gasteiger partial charge in [0, 0.05) is 53.5 Å². The maximum atomic E-state index is 13.2. The van der Waals surface area contributed by atoms with E-state index in [1.165, 1.54) is 18.5 Å². The highest BCUT2D eigenvalue weighted by atomic mass is 35.5. The molecule has 10 heteroatoms. The molecule has 194 valence electrons. The van der Waals surface area contributed by atoms with Crippen molar-refractivity contribution in [3.8, 4) is 17.0 Å². The standard InChI is InChI=1S/C28H22ClF3N4O2/c1-17-14-19(24-8-5-12-35(24)2)18-6-3-9-25(26(18)34-17)38-16-20-22(29)10-11-33-23(20)15-36-13-4-7-21(27(36)37)28(30,31)32/h3-14H,15-16H2,1-2H3. The maximum Gasteiger partial charge on any atom is 0.421 e. The zero-order chi connectivity index (χ0) is 27.0. The van der Waals surface area contributed by atoms with Gasteiger partial charge in [-0.3, -0.25) is 9.78 Å². The van der Waals surface area contributed by atoms with Crippen molar-refractivity contribution in [2.45, 2.75) is 26.3 Å². The molecular formula is C28H22ClF3N4O2. The molecule has 5 rings (SSSR count). The summed E-state index contributed by atoms with van der Waals surface area (Å²) in [6, 6.07) is 15.2. The van der Waals surface area contributed by atoms with Crippen LogP contribution in [0.15, 0.2) is 78.0 Å². The zero-order valence-electron chi connectivity index (χ0n) is 20.5. The van der Waals surface area contributed by atoms with Gasteiger partial charge in [0.1, 0.15) is 23.4 Å². The lowest BCUT2D eigenvalue weighted by Gasteiger charge is -2.16. The molecule has 0 N–H and O–H groups in total. The van der Waals surface area contributed by atoms with Crippen LogP contribution in [0.5, 0.6) is 5.75 Å². The van der Waals surface area contributed by atoms with Gasteiger partial charge >= 0.3 is 6.18 Å². The molecule has 0 spiro atoms. The third-order valence-corrected chi connectivity index (χ3v) is 6.61. The van der Waals surface area contributed by atoms with E-state index >= 15 is 0 Å². The number of rotatable bonds is 6. The Morgan fingerprint density at radius 1 is 1.05 bits per heavy atom. The van der Waals surface area contributed by atoms with E-state index in [0.717, 1.165) is 33.0 Å². The van der Waals surface area contributed by atoms with Crippen molar-refractivity contribution in [1.82, 2.24) is 19.1 Å². The summed E-state index contributed by atoms with van der Waals surface area (Å²) in [7, 11) is 1.97. The fourth-order valence-electron chi connectivity index (χ4n) is 4.41. The SMILES string of the molecule is Cc1cc(-c2cccn2C)c2cccc(OCc3c(Cl)ccnc3Cn3cccc(C(F)(F)F)c3=O)c2n1. The smallest absolute Gasteiger partial charge is 0.421 e. The Bertz CT molecular complexity index is 1710. The van der Waals surface area contributed by atoms with Gasteiger partial charge in [0.2, 0.25) is 0 Å². The van der Waals surface area contributed by atoms with Crippen LogP contribution < -0.4 is 10.3 Å². The van der Waals surface area contributed by atoms with Crippen molar-refractivity contribution in [3.05, 3.63) is 111 Å². The lowest BCUT2D eigenvalue weighted by atomic mass is 10.0. The predicted molar refractivity (Wildman–Crippen MR) is 139 cm³/mol. The van der Waals surface area contributed by atoms with Crippen LogP contribution in [0.1, 0.15) is 22.5 Å². The number of aryl methyl sites for hydroxylation is 2. The maximum absolute atomic E-state index is 13.2. The van der Waals surface area contributed by atoms with Gasteiger partial charge in [-0.05, 0) is 49.4 Å². The topological polar surface area (TPSA) is 61.9 Å². The molecule has 0 fully saturated rings. The molecule has 6 nitrogen and oxygen atoms in total. The van der Waals surface area contributed by atoms with E-state index in [1.807, 2.05) is 55.1 Å². The Labute approximate surface area is 220 Å². The van der Waals surface area contributed by atoms with E-state index in [9.17, 15) is 18.0 Å².